The van der Waals surface area contributed by atoms with Crippen LogP contribution in [-0.2, 0) is 0 Å². The molecule has 2 N–H and O–H groups in total. The minimum Gasteiger partial charge on any atom is -0.497 e. The average Bonchev–Trinajstić information content (AvgIpc) is 3.10. The van der Waals surface area contributed by atoms with Crippen molar-refractivity contribution in [2.75, 3.05) is 12.8 Å². The van der Waals surface area contributed by atoms with Crippen LogP contribution in [0.25, 0.3) is 22.2 Å². The van der Waals surface area contributed by atoms with Crippen LogP contribution in [0.5, 0.6) is 5.75 Å². The quantitative estimate of drug-likeness (QED) is 0.742. The number of benzene rings is 1. The molecule has 2 heterocycles. The van der Waals surface area contributed by atoms with Gasteiger partial charge in [0.25, 0.3) is 5.89 Å². The molecular formula is C13H11N3O2S. The van der Waals surface area contributed by atoms with E-state index in [1.165, 1.54) is 0 Å². The number of ether oxygens (including phenoxy) is 1. The Labute approximate surface area is 113 Å². The summed E-state index contributed by atoms with van der Waals surface area (Å²) in [5, 5.41) is 5.92. The van der Waals surface area contributed by atoms with E-state index in [9.17, 15) is 0 Å². The monoisotopic (exact) mass is 273 g/mol. The summed E-state index contributed by atoms with van der Waals surface area (Å²) in [5.74, 6) is 1.65. The van der Waals surface area contributed by atoms with E-state index in [-0.39, 0.29) is 0 Å². The first-order chi connectivity index (χ1) is 9.28. The van der Waals surface area contributed by atoms with Gasteiger partial charge < -0.3 is 15.0 Å². The molecule has 0 saturated heterocycles. The highest BCUT2D eigenvalue weighted by Crippen LogP contribution is 2.30. The number of nitrogen functional groups attached to an aromatic ring is 1. The van der Waals surface area contributed by atoms with E-state index >= 15 is 0 Å². The topological polar surface area (TPSA) is 74.2 Å². The zero-order valence-electron chi connectivity index (χ0n) is 10.2. The van der Waals surface area contributed by atoms with E-state index < -0.39 is 0 Å². The maximum atomic E-state index is 5.92. The minimum absolute atomic E-state index is 0.389. The van der Waals surface area contributed by atoms with E-state index in [1.807, 2.05) is 17.5 Å². The summed E-state index contributed by atoms with van der Waals surface area (Å²) in [4.78, 5) is 5.31. The molecule has 0 atom stereocenters. The molecular weight excluding hydrogens is 262 g/mol. The van der Waals surface area contributed by atoms with Crippen LogP contribution in [0.4, 0.5) is 5.69 Å². The highest BCUT2D eigenvalue weighted by atomic mass is 32.1. The Morgan fingerprint density at radius 3 is 2.95 bits per heavy atom. The Morgan fingerprint density at radius 2 is 2.21 bits per heavy atom. The molecule has 0 saturated carbocycles. The fraction of sp³-hybridized carbons (Fsp3) is 0.0769. The largest absolute Gasteiger partial charge is 0.497 e. The second kappa shape index (κ2) is 4.74. The highest BCUT2D eigenvalue weighted by Gasteiger charge is 2.14. The molecule has 0 unspecified atom stereocenters. The summed E-state index contributed by atoms with van der Waals surface area (Å²) in [5.41, 5.74) is 7.17. The lowest BCUT2D eigenvalue weighted by molar-refractivity contribution is 0.413. The fourth-order valence-electron chi connectivity index (χ4n) is 1.69. The van der Waals surface area contributed by atoms with Crippen molar-refractivity contribution in [1.82, 2.24) is 10.1 Å². The number of hydrogen-bond acceptors (Lipinski definition) is 6. The summed E-state index contributed by atoms with van der Waals surface area (Å²) < 4.78 is 10.4. The molecule has 0 aliphatic carbocycles. The summed E-state index contributed by atoms with van der Waals surface area (Å²) in [6.45, 7) is 0. The van der Waals surface area contributed by atoms with Crippen molar-refractivity contribution in [2.24, 2.45) is 0 Å². The molecule has 5 nitrogen and oxygen atoms in total. The third-order valence-corrected chi connectivity index (χ3v) is 3.52. The second-order valence-electron chi connectivity index (χ2n) is 3.85. The van der Waals surface area contributed by atoms with Crippen LogP contribution < -0.4 is 10.5 Å². The molecule has 0 fully saturated rings. The molecule has 2 aromatic heterocycles. The minimum atomic E-state index is 0.389. The van der Waals surface area contributed by atoms with Crippen molar-refractivity contribution in [3.63, 3.8) is 0 Å². The molecule has 0 amide bonds. The lowest BCUT2D eigenvalue weighted by atomic mass is 10.1. The molecule has 0 aliphatic rings. The van der Waals surface area contributed by atoms with E-state index in [4.69, 9.17) is 15.0 Å². The zero-order chi connectivity index (χ0) is 13.2. The van der Waals surface area contributed by atoms with Crippen molar-refractivity contribution in [1.29, 1.82) is 0 Å². The molecule has 1 aromatic carbocycles. The van der Waals surface area contributed by atoms with E-state index in [1.54, 1.807) is 36.6 Å². The van der Waals surface area contributed by atoms with Gasteiger partial charge in [-0.15, -0.1) is 11.3 Å². The average molecular weight is 273 g/mol. The molecule has 19 heavy (non-hydrogen) atoms. The Bertz CT molecular complexity index is 692. The number of methoxy groups -OCH3 is 1. The zero-order valence-corrected chi connectivity index (χ0v) is 11.0. The third-order valence-electron chi connectivity index (χ3n) is 2.66. The van der Waals surface area contributed by atoms with Crippen LogP contribution in [0.15, 0.2) is 40.2 Å². The first kappa shape index (κ1) is 11.7. The molecule has 3 rings (SSSR count). The van der Waals surface area contributed by atoms with Crippen LogP contribution in [0.3, 0.4) is 0 Å². The molecule has 0 spiro atoms. The van der Waals surface area contributed by atoms with Gasteiger partial charge in [0.1, 0.15) is 5.75 Å². The van der Waals surface area contributed by atoms with Crippen molar-refractivity contribution in [3.05, 3.63) is 35.7 Å². The van der Waals surface area contributed by atoms with Crippen molar-refractivity contribution >= 4 is 17.0 Å². The Balaban J connectivity index is 2.03. The predicted molar refractivity (Wildman–Crippen MR) is 74.0 cm³/mol. The number of nitrogens with two attached hydrogens (primary N) is 1. The lowest BCUT2D eigenvalue weighted by Gasteiger charge is -2.03. The SMILES string of the molecule is COc1ccc(N)c(-c2nc(-c3cccs3)no2)c1. The van der Waals surface area contributed by atoms with Gasteiger partial charge in [-0.3, -0.25) is 0 Å². The van der Waals surface area contributed by atoms with Gasteiger partial charge in [-0.25, -0.2) is 0 Å². The Hall–Kier alpha value is -2.34. The molecule has 0 bridgehead atoms. The summed E-state index contributed by atoms with van der Waals surface area (Å²) in [6.07, 6.45) is 0. The van der Waals surface area contributed by atoms with Crippen LogP contribution in [0.2, 0.25) is 0 Å². The number of hydrogen-bond donors (Lipinski definition) is 1. The third kappa shape index (κ3) is 2.17. The Morgan fingerprint density at radius 1 is 1.32 bits per heavy atom. The number of rotatable bonds is 3. The van der Waals surface area contributed by atoms with Crippen molar-refractivity contribution in [3.8, 4) is 27.9 Å². The predicted octanol–water partition coefficient (Wildman–Crippen LogP) is 3.06. The fourth-order valence-corrected chi connectivity index (χ4v) is 2.34. The van der Waals surface area contributed by atoms with Gasteiger partial charge >= 0.3 is 0 Å². The molecule has 6 heteroatoms. The summed E-state index contributed by atoms with van der Waals surface area (Å²) in [6, 6.07) is 9.20. The smallest absolute Gasteiger partial charge is 0.260 e. The van der Waals surface area contributed by atoms with Gasteiger partial charge in [0.05, 0.1) is 17.6 Å². The van der Waals surface area contributed by atoms with Gasteiger partial charge in [-0.05, 0) is 29.6 Å². The van der Waals surface area contributed by atoms with Crippen molar-refractivity contribution in [2.45, 2.75) is 0 Å². The number of anilines is 1. The van der Waals surface area contributed by atoms with Gasteiger partial charge in [0.15, 0.2) is 0 Å². The number of aromatic nitrogens is 2. The molecule has 0 aliphatic heterocycles. The Kier molecular flexibility index (Phi) is 2.92. The highest BCUT2D eigenvalue weighted by molar-refractivity contribution is 7.13. The van der Waals surface area contributed by atoms with Crippen LogP contribution in [0.1, 0.15) is 0 Å². The van der Waals surface area contributed by atoms with Crippen LogP contribution >= 0.6 is 11.3 Å². The van der Waals surface area contributed by atoms with Gasteiger partial charge in [-0.1, -0.05) is 11.2 Å². The first-order valence-electron chi connectivity index (χ1n) is 5.59. The lowest BCUT2D eigenvalue weighted by Crippen LogP contribution is -1.92. The second-order valence-corrected chi connectivity index (χ2v) is 4.80. The van der Waals surface area contributed by atoms with Gasteiger partial charge in [-0.2, -0.15) is 4.98 Å². The molecule has 0 radical (unpaired) electrons. The maximum absolute atomic E-state index is 5.92. The summed E-state index contributed by atoms with van der Waals surface area (Å²) >= 11 is 1.56. The maximum Gasteiger partial charge on any atom is 0.260 e. The normalized spacial score (nSPS) is 10.6. The molecule has 3 aromatic rings. The van der Waals surface area contributed by atoms with E-state index in [0.29, 0.717) is 28.7 Å². The molecule has 96 valence electrons. The van der Waals surface area contributed by atoms with Crippen LogP contribution in [-0.4, -0.2) is 17.3 Å². The number of thiophene rings is 1. The van der Waals surface area contributed by atoms with E-state index in [2.05, 4.69) is 10.1 Å². The number of nitrogens with zero attached hydrogens (tertiary/aromatic N) is 2. The van der Waals surface area contributed by atoms with Crippen LogP contribution in [0, 0.1) is 0 Å². The van der Waals surface area contributed by atoms with Gasteiger partial charge in [0, 0.05) is 5.69 Å². The first-order valence-corrected chi connectivity index (χ1v) is 6.47. The van der Waals surface area contributed by atoms with E-state index in [0.717, 1.165) is 4.88 Å². The van der Waals surface area contributed by atoms with Crippen molar-refractivity contribution < 1.29 is 9.26 Å². The summed E-state index contributed by atoms with van der Waals surface area (Å²) in [7, 11) is 1.60. The standard InChI is InChI=1S/C13H11N3O2S/c1-17-8-4-5-10(14)9(7-8)13-15-12(16-18-13)11-3-2-6-19-11/h2-7H,14H2,1H3. The van der Waals surface area contributed by atoms with Gasteiger partial charge in [0.2, 0.25) is 5.82 Å².